The minimum absolute atomic E-state index is 0.292. The molecule has 0 radical (unpaired) electrons. The van der Waals surface area contributed by atoms with Gasteiger partial charge >= 0.3 is 0 Å². The molecule has 0 aliphatic carbocycles. The van der Waals surface area contributed by atoms with E-state index in [0.29, 0.717) is 6.04 Å². The van der Waals surface area contributed by atoms with Crippen LogP contribution in [0, 0.1) is 0 Å². The Balaban J connectivity index is 2.08. The molecule has 18 heavy (non-hydrogen) atoms. The van der Waals surface area contributed by atoms with Crippen molar-refractivity contribution in [3.63, 3.8) is 0 Å². The van der Waals surface area contributed by atoms with Crippen molar-refractivity contribution in [1.29, 1.82) is 0 Å². The summed E-state index contributed by atoms with van der Waals surface area (Å²) >= 11 is 1.75. The van der Waals surface area contributed by atoms with Gasteiger partial charge in [0.05, 0.1) is 6.04 Å². The quantitative estimate of drug-likeness (QED) is 0.810. The largest absolute Gasteiger partial charge is 0.464 e. The smallest absolute Gasteiger partial charge is 0.121 e. The van der Waals surface area contributed by atoms with Gasteiger partial charge in [-0.05, 0) is 53.9 Å². The Labute approximate surface area is 113 Å². The van der Waals surface area contributed by atoms with Gasteiger partial charge < -0.3 is 9.73 Å². The Kier molecular flexibility index (Phi) is 5.02. The first kappa shape index (κ1) is 13.4. The van der Waals surface area contributed by atoms with Crippen molar-refractivity contribution in [2.75, 3.05) is 6.54 Å². The summed E-state index contributed by atoms with van der Waals surface area (Å²) in [6, 6.07) is 6.68. The lowest BCUT2D eigenvalue weighted by molar-refractivity contribution is 0.392. The highest BCUT2D eigenvalue weighted by molar-refractivity contribution is 7.07. The fourth-order valence-corrected chi connectivity index (χ4v) is 2.69. The summed E-state index contributed by atoms with van der Waals surface area (Å²) in [5.74, 6) is 2.13. The molecular formula is C15H21NOS. The van der Waals surface area contributed by atoms with Gasteiger partial charge in [-0.2, -0.15) is 11.3 Å². The van der Waals surface area contributed by atoms with Gasteiger partial charge in [-0.15, -0.1) is 0 Å². The Morgan fingerprint density at radius 3 is 2.78 bits per heavy atom. The molecule has 2 rings (SSSR count). The molecule has 98 valence electrons. The lowest BCUT2D eigenvalue weighted by atomic mass is 10.1. The second-order valence-electron chi connectivity index (χ2n) is 4.50. The van der Waals surface area contributed by atoms with E-state index in [2.05, 4.69) is 48.1 Å². The van der Waals surface area contributed by atoms with E-state index in [-0.39, 0.29) is 0 Å². The Morgan fingerprint density at radius 2 is 2.17 bits per heavy atom. The maximum atomic E-state index is 5.88. The molecule has 0 fully saturated rings. The fraction of sp³-hybridized carbons (Fsp3) is 0.467. The second kappa shape index (κ2) is 6.76. The van der Waals surface area contributed by atoms with Crippen molar-refractivity contribution in [3.05, 3.63) is 46.0 Å². The molecule has 2 nitrogen and oxygen atoms in total. The van der Waals surface area contributed by atoms with Gasteiger partial charge in [0.25, 0.3) is 0 Å². The van der Waals surface area contributed by atoms with E-state index >= 15 is 0 Å². The van der Waals surface area contributed by atoms with Crippen LogP contribution >= 0.6 is 11.3 Å². The summed E-state index contributed by atoms with van der Waals surface area (Å²) < 4.78 is 5.88. The SMILES string of the molecule is CCCNC(Cc1ccsc1)c1ccc(CC)o1. The zero-order valence-electron chi connectivity index (χ0n) is 11.1. The van der Waals surface area contributed by atoms with Crippen LogP contribution in [0.2, 0.25) is 0 Å². The number of thiophene rings is 1. The van der Waals surface area contributed by atoms with E-state index in [9.17, 15) is 0 Å². The summed E-state index contributed by atoms with van der Waals surface area (Å²) in [6.45, 7) is 5.33. The van der Waals surface area contributed by atoms with Crippen molar-refractivity contribution in [2.24, 2.45) is 0 Å². The van der Waals surface area contributed by atoms with Crippen molar-refractivity contribution in [3.8, 4) is 0 Å². The molecule has 2 heterocycles. The van der Waals surface area contributed by atoms with Crippen LogP contribution in [0.3, 0.4) is 0 Å². The van der Waals surface area contributed by atoms with Crippen LogP contribution in [0.1, 0.15) is 43.4 Å². The topological polar surface area (TPSA) is 25.2 Å². The Morgan fingerprint density at radius 1 is 1.28 bits per heavy atom. The third-order valence-corrected chi connectivity index (χ3v) is 3.77. The highest BCUT2D eigenvalue weighted by atomic mass is 32.1. The van der Waals surface area contributed by atoms with Gasteiger partial charge in [0.15, 0.2) is 0 Å². The molecule has 0 aromatic carbocycles. The van der Waals surface area contributed by atoms with Gasteiger partial charge in [-0.1, -0.05) is 13.8 Å². The first-order chi connectivity index (χ1) is 8.83. The first-order valence-corrected chi connectivity index (χ1v) is 7.60. The zero-order valence-corrected chi connectivity index (χ0v) is 11.9. The van der Waals surface area contributed by atoms with Gasteiger partial charge in [0, 0.05) is 6.42 Å². The molecule has 1 N–H and O–H groups in total. The number of aryl methyl sites for hydroxylation is 1. The predicted molar refractivity (Wildman–Crippen MR) is 77.1 cm³/mol. The number of nitrogens with one attached hydrogen (secondary N) is 1. The molecule has 3 heteroatoms. The van der Waals surface area contributed by atoms with E-state index in [1.165, 1.54) is 5.56 Å². The molecule has 0 saturated carbocycles. The number of hydrogen-bond acceptors (Lipinski definition) is 3. The van der Waals surface area contributed by atoms with Crippen LogP contribution in [-0.4, -0.2) is 6.54 Å². The molecule has 0 bridgehead atoms. The lowest BCUT2D eigenvalue weighted by Gasteiger charge is -2.15. The van der Waals surface area contributed by atoms with E-state index in [0.717, 1.165) is 37.3 Å². The molecule has 0 amide bonds. The van der Waals surface area contributed by atoms with E-state index in [1.807, 2.05) is 0 Å². The Hall–Kier alpha value is -1.06. The van der Waals surface area contributed by atoms with Gasteiger partial charge in [-0.3, -0.25) is 0 Å². The average molecular weight is 263 g/mol. The highest BCUT2D eigenvalue weighted by Crippen LogP contribution is 2.22. The van der Waals surface area contributed by atoms with E-state index in [1.54, 1.807) is 11.3 Å². The van der Waals surface area contributed by atoms with Crippen LogP contribution in [0.25, 0.3) is 0 Å². The predicted octanol–water partition coefficient (Wildman–Crippen LogP) is 4.19. The maximum Gasteiger partial charge on any atom is 0.121 e. The summed E-state index contributed by atoms with van der Waals surface area (Å²) in [5, 5.41) is 7.92. The van der Waals surface area contributed by atoms with Crippen LogP contribution in [0.4, 0.5) is 0 Å². The van der Waals surface area contributed by atoms with Crippen molar-refractivity contribution < 1.29 is 4.42 Å². The third kappa shape index (κ3) is 3.47. The molecule has 0 aliphatic rings. The van der Waals surface area contributed by atoms with Crippen LogP contribution in [-0.2, 0) is 12.8 Å². The standard InChI is InChI=1S/C15H21NOS/c1-3-8-16-14(10-12-7-9-18-11-12)15-6-5-13(4-2)17-15/h5-7,9,11,14,16H,3-4,8,10H2,1-2H3. The molecule has 2 aromatic rings. The van der Waals surface area contributed by atoms with Crippen LogP contribution in [0.5, 0.6) is 0 Å². The maximum absolute atomic E-state index is 5.88. The number of hydrogen-bond donors (Lipinski definition) is 1. The van der Waals surface area contributed by atoms with Crippen molar-refractivity contribution in [1.82, 2.24) is 5.32 Å². The average Bonchev–Trinajstić information content (AvgIpc) is 3.05. The lowest BCUT2D eigenvalue weighted by Crippen LogP contribution is -2.23. The molecule has 2 aromatic heterocycles. The molecule has 1 atom stereocenters. The summed E-state index contributed by atoms with van der Waals surface area (Å²) in [4.78, 5) is 0. The van der Waals surface area contributed by atoms with E-state index in [4.69, 9.17) is 4.42 Å². The van der Waals surface area contributed by atoms with E-state index < -0.39 is 0 Å². The van der Waals surface area contributed by atoms with Crippen molar-refractivity contribution >= 4 is 11.3 Å². The van der Waals surface area contributed by atoms with Crippen LogP contribution < -0.4 is 5.32 Å². The fourth-order valence-electron chi connectivity index (χ4n) is 2.01. The molecular weight excluding hydrogens is 242 g/mol. The number of rotatable bonds is 7. The van der Waals surface area contributed by atoms with Gasteiger partial charge in [0.1, 0.15) is 11.5 Å². The van der Waals surface area contributed by atoms with Crippen LogP contribution in [0.15, 0.2) is 33.4 Å². The Bertz CT molecular complexity index is 447. The van der Waals surface area contributed by atoms with Gasteiger partial charge in [-0.25, -0.2) is 0 Å². The minimum Gasteiger partial charge on any atom is -0.464 e. The first-order valence-electron chi connectivity index (χ1n) is 6.66. The number of furan rings is 1. The molecule has 1 unspecified atom stereocenters. The highest BCUT2D eigenvalue weighted by Gasteiger charge is 2.15. The second-order valence-corrected chi connectivity index (χ2v) is 5.28. The molecule has 0 aliphatic heterocycles. The zero-order chi connectivity index (χ0) is 12.8. The minimum atomic E-state index is 0.292. The van der Waals surface area contributed by atoms with Gasteiger partial charge in [0.2, 0.25) is 0 Å². The normalized spacial score (nSPS) is 12.8. The summed E-state index contributed by atoms with van der Waals surface area (Å²) in [5.41, 5.74) is 1.38. The molecule has 0 spiro atoms. The summed E-state index contributed by atoms with van der Waals surface area (Å²) in [6.07, 6.45) is 3.10. The summed E-state index contributed by atoms with van der Waals surface area (Å²) in [7, 11) is 0. The molecule has 0 saturated heterocycles. The third-order valence-electron chi connectivity index (χ3n) is 3.04. The monoisotopic (exact) mass is 263 g/mol. The van der Waals surface area contributed by atoms with Crippen molar-refractivity contribution in [2.45, 2.75) is 39.2 Å².